The van der Waals surface area contributed by atoms with Crippen LogP contribution in [0.1, 0.15) is 40.0 Å². The Balaban J connectivity index is 2.48. The molecule has 0 unspecified atom stereocenters. The smallest absolute Gasteiger partial charge is 0.410 e. The van der Waals surface area contributed by atoms with Crippen LogP contribution < -0.4 is 0 Å². The van der Waals surface area contributed by atoms with Crippen molar-refractivity contribution in [2.45, 2.75) is 45.6 Å². The summed E-state index contributed by atoms with van der Waals surface area (Å²) in [6.45, 7) is 6.92. The number of likely N-dealkylation sites (tertiary alicyclic amines) is 1. The molecule has 1 heterocycles. The molecule has 0 aromatic carbocycles. The maximum Gasteiger partial charge on any atom is 0.410 e. The molecule has 1 amide bonds. The summed E-state index contributed by atoms with van der Waals surface area (Å²) in [5.41, 5.74) is -0.467. The fourth-order valence-corrected chi connectivity index (χ4v) is 2.24. The van der Waals surface area contributed by atoms with Gasteiger partial charge in [0.2, 0.25) is 0 Å². The fourth-order valence-electron chi connectivity index (χ4n) is 2.11. The van der Waals surface area contributed by atoms with Gasteiger partial charge in [-0.3, -0.25) is 4.79 Å². The van der Waals surface area contributed by atoms with Gasteiger partial charge in [0.05, 0.1) is 0 Å². The number of hydrogen-bond acceptors (Lipinski definition) is 4. The van der Waals surface area contributed by atoms with Gasteiger partial charge < -0.3 is 9.64 Å². The summed E-state index contributed by atoms with van der Waals surface area (Å²) >= 11 is 3.98. The average Bonchev–Trinajstić information content (AvgIpc) is 2.27. The average molecular weight is 273 g/mol. The first kappa shape index (κ1) is 15.3. The summed E-state index contributed by atoms with van der Waals surface area (Å²) in [6, 6.07) is 0. The highest BCUT2D eigenvalue weighted by Gasteiger charge is 2.28. The molecule has 1 aliphatic heterocycles. The van der Waals surface area contributed by atoms with Gasteiger partial charge in [-0.1, -0.05) is 0 Å². The minimum absolute atomic E-state index is 0.148. The zero-order valence-electron chi connectivity index (χ0n) is 11.4. The van der Waals surface area contributed by atoms with E-state index >= 15 is 0 Å². The van der Waals surface area contributed by atoms with Gasteiger partial charge in [0.25, 0.3) is 0 Å². The Morgan fingerprint density at radius 1 is 1.39 bits per heavy atom. The van der Waals surface area contributed by atoms with E-state index in [-0.39, 0.29) is 23.5 Å². The van der Waals surface area contributed by atoms with Crippen molar-refractivity contribution >= 4 is 24.5 Å². The van der Waals surface area contributed by atoms with Crippen molar-refractivity contribution in [2.24, 2.45) is 5.92 Å². The number of nitrogens with zero attached hydrogens (tertiary/aromatic N) is 1. The molecular weight excluding hydrogens is 250 g/mol. The first-order valence-corrected chi connectivity index (χ1v) is 7.05. The first-order valence-electron chi connectivity index (χ1n) is 6.42. The summed E-state index contributed by atoms with van der Waals surface area (Å²) in [6.07, 6.45) is 2.18. The summed E-state index contributed by atoms with van der Waals surface area (Å²) in [7, 11) is 0. The number of hydrogen-bond donors (Lipinski definition) is 1. The van der Waals surface area contributed by atoms with Crippen LogP contribution in [0.5, 0.6) is 0 Å². The van der Waals surface area contributed by atoms with Gasteiger partial charge in [-0.05, 0) is 39.5 Å². The highest BCUT2D eigenvalue weighted by Crippen LogP contribution is 2.22. The molecule has 1 rings (SSSR count). The molecule has 1 aliphatic rings. The van der Waals surface area contributed by atoms with E-state index in [0.29, 0.717) is 13.0 Å². The topological polar surface area (TPSA) is 46.6 Å². The minimum atomic E-state index is -0.467. The third kappa shape index (κ3) is 5.29. The molecule has 0 saturated carbocycles. The van der Waals surface area contributed by atoms with Crippen molar-refractivity contribution < 1.29 is 14.3 Å². The lowest BCUT2D eigenvalue weighted by Gasteiger charge is -2.33. The van der Waals surface area contributed by atoms with Crippen molar-refractivity contribution in [3.63, 3.8) is 0 Å². The van der Waals surface area contributed by atoms with Gasteiger partial charge in [0.1, 0.15) is 11.4 Å². The first-order chi connectivity index (χ1) is 8.31. The zero-order valence-corrected chi connectivity index (χ0v) is 12.3. The van der Waals surface area contributed by atoms with E-state index in [1.54, 1.807) is 4.90 Å². The molecule has 0 spiro atoms. The third-order valence-electron chi connectivity index (χ3n) is 2.86. The van der Waals surface area contributed by atoms with E-state index in [4.69, 9.17) is 4.74 Å². The van der Waals surface area contributed by atoms with Crippen molar-refractivity contribution in [3.8, 4) is 0 Å². The second-order valence-electron chi connectivity index (χ2n) is 5.84. The van der Waals surface area contributed by atoms with E-state index in [1.165, 1.54) is 0 Å². The standard InChI is InChI=1S/C13H23NO3S/c1-13(2,3)17-12(16)14-6-4-5-10(8-14)7-11(15)9-18/h10,18H,4-9H2,1-3H3/t10-/m1/s1. The second kappa shape index (κ2) is 6.45. The summed E-state index contributed by atoms with van der Waals surface area (Å²) in [5.74, 6) is 0.684. The molecule has 0 bridgehead atoms. The molecule has 1 atom stereocenters. The van der Waals surface area contributed by atoms with Crippen molar-refractivity contribution in [1.82, 2.24) is 4.90 Å². The Hall–Kier alpha value is -0.710. The lowest BCUT2D eigenvalue weighted by Crippen LogP contribution is -2.43. The number of piperidine rings is 1. The second-order valence-corrected chi connectivity index (χ2v) is 6.15. The highest BCUT2D eigenvalue weighted by atomic mass is 32.1. The van der Waals surface area contributed by atoms with E-state index in [0.717, 1.165) is 19.4 Å². The monoisotopic (exact) mass is 273 g/mol. The van der Waals surface area contributed by atoms with Crippen molar-refractivity contribution in [2.75, 3.05) is 18.8 Å². The number of rotatable bonds is 3. The Labute approximate surface area is 114 Å². The zero-order chi connectivity index (χ0) is 13.8. The van der Waals surface area contributed by atoms with E-state index in [1.807, 2.05) is 20.8 Å². The van der Waals surface area contributed by atoms with Gasteiger partial charge in [0, 0.05) is 25.3 Å². The SMILES string of the molecule is CC(C)(C)OC(=O)N1CCC[C@H](CC(=O)CS)C1. The van der Waals surface area contributed by atoms with Crippen LogP contribution in [0.3, 0.4) is 0 Å². The number of amides is 1. The molecule has 5 heteroatoms. The molecule has 4 nitrogen and oxygen atoms in total. The molecule has 1 saturated heterocycles. The Kier molecular flexibility index (Phi) is 5.50. The molecule has 1 fully saturated rings. The summed E-state index contributed by atoms with van der Waals surface area (Å²) in [4.78, 5) is 25.0. The van der Waals surface area contributed by atoms with E-state index in [2.05, 4.69) is 12.6 Å². The predicted octanol–water partition coefficient (Wildman–Crippen LogP) is 2.52. The maximum absolute atomic E-state index is 11.9. The number of ketones is 1. The van der Waals surface area contributed by atoms with Gasteiger partial charge >= 0.3 is 6.09 Å². The summed E-state index contributed by atoms with van der Waals surface area (Å²) < 4.78 is 5.34. The maximum atomic E-state index is 11.9. The molecule has 18 heavy (non-hydrogen) atoms. The Morgan fingerprint density at radius 3 is 2.61 bits per heavy atom. The van der Waals surface area contributed by atoms with Crippen LogP contribution in [0.15, 0.2) is 0 Å². The van der Waals surface area contributed by atoms with Crippen LogP contribution in [0.4, 0.5) is 4.79 Å². The summed E-state index contributed by atoms with van der Waals surface area (Å²) in [5, 5.41) is 0. The van der Waals surface area contributed by atoms with Gasteiger partial charge in [-0.25, -0.2) is 4.79 Å². The predicted molar refractivity (Wildman–Crippen MR) is 74.0 cm³/mol. The number of carbonyl (C=O) groups excluding carboxylic acids is 2. The minimum Gasteiger partial charge on any atom is -0.444 e. The van der Waals surface area contributed by atoms with Crippen LogP contribution in [-0.4, -0.2) is 41.2 Å². The van der Waals surface area contributed by atoms with Crippen LogP contribution >= 0.6 is 12.6 Å². The Bertz CT molecular complexity index is 312. The highest BCUT2D eigenvalue weighted by molar-refractivity contribution is 7.81. The molecule has 0 N–H and O–H groups in total. The van der Waals surface area contributed by atoms with Gasteiger partial charge in [-0.15, -0.1) is 0 Å². The number of carbonyl (C=O) groups is 2. The molecule has 0 radical (unpaired) electrons. The molecule has 104 valence electrons. The van der Waals surface area contributed by atoms with Crippen LogP contribution in [-0.2, 0) is 9.53 Å². The lowest BCUT2D eigenvalue weighted by atomic mass is 9.93. The van der Waals surface area contributed by atoms with Crippen LogP contribution in [0.2, 0.25) is 0 Å². The third-order valence-corrected chi connectivity index (χ3v) is 3.22. The Morgan fingerprint density at radius 2 is 2.06 bits per heavy atom. The van der Waals surface area contributed by atoms with E-state index in [9.17, 15) is 9.59 Å². The van der Waals surface area contributed by atoms with E-state index < -0.39 is 5.60 Å². The number of Topliss-reactive ketones (excluding diaryl/α,β-unsaturated/α-hetero) is 1. The van der Waals surface area contributed by atoms with Gasteiger partial charge in [-0.2, -0.15) is 12.6 Å². The van der Waals surface area contributed by atoms with Gasteiger partial charge in [0.15, 0.2) is 0 Å². The normalized spacial score (nSPS) is 20.7. The van der Waals surface area contributed by atoms with Crippen molar-refractivity contribution in [1.29, 1.82) is 0 Å². The van der Waals surface area contributed by atoms with Crippen LogP contribution in [0, 0.1) is 5.92 Å². The molecule has 0 aromatic rings. The van der Waals surface area contributed by atoms with Crippen LogP contribution in [0.25, 0.3) is 0 Å². The molecule has 0 aliphatic carbocycles. The number of ether oxygens (including phenoxy) is 1. The van der Waals surface area contributed by atoms with Crippen molar-refractivity contribution in [3.05, 3.63) is 0 Å². The molecular formula is C13H23NO3S. The fraction of sp³-hybridized carbons (Fsp3) is 0.846. The molecule has 0 aromatic heterocycles. The lowest BCUT2D eigenvalue weighted by molar-refractivity contribution is -0.117. The largest absolute Gasteiger partial charge is 0.444 e. The number of thiol groups is 1. The quantitative estimate of drug-likeness (QED) is 0.804.